The van der Waals surface area contributed by atoms with Gasteiger partial charge in [0, 0.05) is 6.42 Å². The van der Waals surface area contributed by atoms with Crippen LogP contribution in [0.3, 0.4) is 0 Å². The molecule has 89 heavy (non-hydrogen) atoms. The lowest BCUT2D eigenvalue weighted by atomic mass is 9.99. The number of rotatable bonds is 63. The number of unbranched alkanes of at least 4 members (excludes halogenated alkanes) is 35. The number of esters is 1. The maximum Gasteiger partial charge on any atom is 0.306 e. The van der Waals surface area contributed by atoms with Gasteiger partial charge in [0.25, 0.3) is 0 Å². The molecule has 0 aromatic rings. The molecule has 11 heteroatoms. The Morgan fingerprint density at radius 1 is 0.438 bits per heavy atom. The molecule has 1 heterocycles. The van der Waals surface area contributed by atoms with Crippen LogP contribution in [-0.4, -0.2) is 99.6 Å². The zero-order chi connectivity index (χ0) is 64.6. The summed E-state index contributed by atoms with van der Waals surface area (Å²) in [6.45, 7) is 5.76. The minimum absolute atomic E-state index is 0.115. The average molecular weight is 1250 g/mol. The third-order valence-electron chi connectivity index (χ3n) is 17.0. The molecule has 0 saturated carbocycles. The summed E-state index contributed by atoms with van der Waals surface area (Å²) < 4.78 is 17.7. The first-order valence-electron chi connectivity index (χ1n) is 37.0. The van der Waals surface area contributed by atoms with Crippen LogP contribution >= 0.6 is 0 Å². The Kier molecular flexibility index (Phi) is 60.7. The van der Waals surface area contributed by atoms with E-state index >= 15 is 0 Å². The summed E-state index contributed by atoms with van der Waals surface area (Å²) in [5.74, 6) is -1.20. The molecular formula is C78H137NO10. The number of amides is 1. The highest BCUT2D eigenvalue weighted by Crippen LogP contribution is 2.26. The van der Waals surface area contributed by atoms with Crippen molar-refractivity contribution in [2.24, 2.45) is 0 Å². The topological polar surface area (TPSA) is 175 Å². The third kappa shape index (κ3) is 51.7. The molecule has 8 unspecified atom stereocenters. The molecule has 1 amide bonds. The molecule has 0 radical (unpaired) electrons. The van der Waals surface area contributed by atoms with E-state index in [0.717, 1.165) is 103 Å². The number of ether oxygens (including phenoxy) is 3. The predicted molar refractivity (Wildman–Crippen MR) is 375 cm³/mol. The Bertz CT molecular complexity index is 1820. The first-order valence-corrected chi connectivity index (χ1v) is 37.0. The normalized spacial score (nSPS) is 18.7. The zero-order valence-electron chi connectivity index (χ0n) is 57.3. The van der Waals surface area contributed by atoms with Crippen molar-refractivity contribution in [1.82, 2.24) is 5.32 Å². The van der Waals surface area contributed by atoms with Crippen LogP contribution in [0.4, 0.5) is 0 Å². The monoisotopic (exact) mass is 1250 g/mol. The van der Waals surface area contributed by atoms with Gasteiger partial charge in [-0.05, 0) is 109 Å². The number of carbonyl (C=O) groups excluding carboxylic acids is 2. The van der Waals surface area contributed by atoms with Crippen molar-refractivity contribution in [3.05, 3.63) is 97.2 Å². The summed E-state index contributed by atoms with van der Waals surface area (Å²) in [7, 11) is 0. The summed E-state index contributed by atoms with van der Waals surface area (Å²) in [5, 5.41) is 57.3. The van der Waals surface area contributed by atoms with E-state index in [2.05, 4.69) is 111 Å². The van der Waals surface area contributed by atoms with Gasteiger partial charge in [0.15, 0.2) is 12.4 Å². The van der Waals surface area contributed by atoms with Crippen LogP contribution in [0.15, 0.2) is 97.2 Å². The molecule has 8 atom stereocenters. The van der Waals surface area contributed by atoms with Gasteiger partial charge in [0.05, 0.1) is 25.4 Å². The van der Waals surface area contributed by atoms with Crippen LogP contribution in [0.25, 0.3) is 0 Å². The van der Waals surface area contributed by atoms with Gasteiger partial charge in [-0.2, -0.15) is 0 Å². The molecule has 11 nitrogen and oxygen atoms in total. The average Bonchev–Trinajstić information content (AvgIpc) is 3.11. The van der Waals surface area contributed by atoms with E-state index in [1.807, 2.05) is 6.08 Å². The number of nitrogens with one attached hydrogen (secondary N) is 1. The quantitative estimate of drug-likeness (QED) is 0.0195. The Morgan fingerprint density at radius 3 is 1.18 bits per heavy atom. The summed E-state index contributed by atoms with van der Waals surface area (Å²) >= 11 is 0. The third-order valence-corrected chi connectivity index (χ3v) is 17.0. The second kappa shape index (κ2) is 64.7. The minimum atomic E-state index is -1.62. The molecule has 0 aliphatic carbocycles. The van der Waals surface area contributed by atoms with Crippen molar-refractivity contribution in [2.45, 2.75) is 372 Å². The molecule has 1 saturated heterocycles. The highest BCUT2D eigenvalue weighted by Gasteiger charge is 2.47. The Morgan fingerprint density at radius 2 is 0.775 bits per heavy atom. The molecule has 1 fully saturated rings. The van der Waals surface area contributed by atoms with E-state index < -0.39 is 67.4 Å². The summed E-state index contributed by atoms with van der Waals surface area (Å²) in [6, 6.07) is -1.03. The lowest BCUT2D eigenvalue weighted by Gasteiger charge is -2.41. The number of carbonyl (C=O) groups is 2. The smallest absolute Gasteiger partial charge is 0.306 e. The van der Waals surface area contributed by atoms with E-state index in [9.17, 15) is 35.1 Å². The number of aliphatic hydroxyl groups excluding tert-OH is 5. The molecule has 1 aliphatic rings. The lowest BCUT2D eigenvalue weighted by Crippen LogP contribution is -2.61. The first kappa shape index (κ1) is 83.6. The van der Waals surface area contributed by atoms with E-state index in [1.54, 1.807) is 6.08 Å². The molecule has 6 N–H and O–H groups in total. The molecule has 514 valence electrons. The summed E-state index contributed by atoms with van der Waals surface area (Å²) in [6.07, 6.45) is 77.2. The van der Waals surface area contributed by atoms with Gasteiger partial charge >= 0.3 is 5.97 Å². The second-order valence-electron chi connectivity index (χ2n) is 25.3. The summed E-state index contributed by atoms with van der Waals surface area (Å²) in [4.78, 5) is 26.7. The van der Waals surface area contributed by atoms with Crippen LogP contribution in [0.2, 0.25) is 0 Å². The van der Waals surface area contributed by atoms with Crippen LogP contribution in [0, 0.1) is 0 Å². The van der Waals surface area contributed by atoms with Gasteiger partial charge in [-0.15, -0.1) is 0 Å². The van der Waals surface area contributed by atoms with Crippen molar-refractivity contribution < 1.29 is 49.3 Å². The predicted octanol–water partition coefficient (Wildman–Crippen LogP) is 19.4. The molecule has 0 bridgehead atoms. The largest absolute Gasteiger partial charge is 0.454 e. The first-order chi connectivity index (χ1) is 43.7. The standard InChI is InChI=1S/C78H137NO10/c1-4-7-10-13-16-19-22-25-27-29-31-33-35-37-38-40-42-44-47-50-53-56-59-62-65-71(82)77(86)79-69(70(81)64-61-58-55-52-49-46-24-21-18-15-12-9-6-3)68-87-78-76(75(85)74(84)72(67-80)88-78)89-73(83)66-63-60-57-54-51-48-45-43-41-39-36-34-32-30-28-26-23-20-17-14-11-8-5-2/h16-17,19-20,25-28,31-34,37-38,61,64,69-72,74-76,78,80-82,84-85H,4-15,18,21-24,29-30,35-36,39-60,62-63,65-68H2,1-3H3,(H,79,86)/b19-16-,20-17-,27-25-,28-26-,33-31-,34-32-,38-37-,64-61+. The van der Waals surface area contributed by atoms with Crippen molar-refractivity contribution in [3.8, 4) is 0 Å². The van der Waals surface area contributed by atoms with Gasteiger partial charge in [-0.3, -0.25) is 9.59 Å². The van der Waals surface area contributed by atoms with Crippen LogP contribution in [0.5, 0.6) is 0 Å². The van der Waals surface area contributed by atoms with Gasteiger partial charge in [0.2, 0.25) is 5.91 Å². The van der Waals surface area contributed by atoms with Crippen molar-refractivity contribution in [2.75, 3.05) is 13.2 Å². The number of hydrogen-bond acceptors (Lipinski definition) is 10. The van der Waals surface area contributed by atoms with E-state index in [4.69, 9.17) is 14.2 Å². The highest BCUT2D eigenvalue weighted by molar-refractivity contribution is 5.80. The molecule has 0 aromatic carbocycles. The SMILES string of the molecule is CCCCC/C=C\C/C=C\C/C=C\C/C=C\CCCCCCCCCCC(O)C(=O)NC(COC1OC(CO)C(O)C(O)C1OC(=O)CCCCCCCCCCCC/C=C\C/C=C\C/C=C\CCCCC)C(O)/C=C/CCCCCCCCCCCCC. The molecule has 0 aromatic heterocycles. The van der Waals surface area contributed by atoms with Crippen LogP contribution < -0.4 is 5.32 Å². The molecule has 1 rings (SSSR count). The Balaban J connectivity index is 2.59. The number of allylic oxidation sites excluding steroid dienone is 15. The van der Waals surface area contributed by atoms with Crippen molar-refractivity contribution in [1.29, 1.82) is 0 Å². The Labute approximate surface area is 546 Å². The van der Waals surface area contributed by atoms with Gasteiger partial charge in [0.1, 0.15) is 24.4 Å². The number of aliphatic hydroxyl groups is 5. The van der Waals surface area contributed by atoms with E-state index in [1.165, 1.54) is 173 Å². The van der Waals surface area contributed by atoms with Crippen molar-refractivity contribution >= 4 is 11.9 Å². The molecule has 0 spiro atoms. The minimum Gasteiger partial charge on any atom is -0.454 e. The number of hydrogen-bond donors (Lipinski definition) is 6. The maximum atomic E-state index is 13.5. The Hall–Kier alpha value is -3.42. The zero-order valence-corrected chi connectivity index (χ0v) is 57.3. The highest BCUT2D eigenvalue weighted by atomic mass is 16.7. The van der Waals surface area contributed by atoms with Crippen molar-refractivity contribution in [3.63, 3.8) is 0 Å². The van der Waals surface area contributed by atoms with Gasteiger partial charge in [-0.1, -0.05) is 304 Å². The lowest BCUT2D eigenvalue weighted by molar-refractivity contribution is -0.305. The molecular weight excluding hydrogens is 1110 g/mol. The maximum absolute atomic E-state index is 13.5. The van der Waals surface area contributed by atoms with Gasteiger partial charge in [-0.25, -0.2) is 0 Å². The van der Waals surface area contributed by atoms with Crippen LogP contribution in [-0.2, 0) is 23.8 Å². The van der Waals surface area contributed by atoms with Crippen LogP contribution in [0.1, 0.15) is 323 Å². The second-order valence-corrected chi connectivity index (χ2v) is 25.3. The summed E-state index contributed by atoms with van der Waals surface area (Å²) in [5.41, 5.74) is 0. The fourth-order valence-electron chi connectivity index (χ4n) is 11.1. The fourth-order valence-corrected chi connectivity index (χ4v) is 11.1. The fraction of sp³-hybridized carbons (Fsp3) is 0.769. The van der Waals surface area contributed by atoms with E-state index in [0.29, 0.717) is 12.8 Å². The molecule has 1 aliphatic heterocycles. The van der Waals surface area contributed by atoms with Gasteiger partial charge < -0.3 is 45.1 Å². The van der Waals surface area contributed by atoms with E-state index in [-0.39, 0.29) is 19.4 Å².